The first-order chi connectivity index (χ1) is 14.5. The van der Waals surface area contributed by atoms with Crippen LogP contribution < -0.4 is 15.1 Å². The number of hydrogen-bond acceptors (Lipinski definition) is 5. The maximum Gasteiger partial charge on any atom is 0.325 e. The Hall–Kier alpha value is -3.00. The molecule has 0 saturated carbocycles. The monoisotopic (exact) mass is 422 g/mol. The summed E-state index contributed by atoms with van der Waals surface area (Å²) in [6.07, 6.45) is 1.46. The number of H-pyrrole nitrogens is 1. The van der Waals surface area contributed by atoms with Crippen LogP contribution in [0.1, 0.15) is 44.2 Å². The van der Waals surface area contributed by atoms with Gasteiger partial charge in [-0.15, -0.1) is 0 Å². The molecule has 1 atom stereocenters. The van der Waals surface area contributed by atoms with Gasteiger partial charge >= 0.3 is 17.4 Å². The Kier molecular flexibility index (Phi) is 5.67. The minimum atomic E-state index is -0.639. The number of pyridine rings is 1. The molecule has 1 aliphatic heterocycles. The van der Waals surface area contributed by atoms with Crippen molar-refractivity contribution in [2.45, 2.75) is 44.9 Å². The van der Waals surface area contributed by atoms with E-state index in [1.807, 2.05) is 49.4 Å². The van der Waals surface area contributed by atoms with E-state index < -0.39 is 6.17 Å². The number of aromatic nitrogens is 4. The lowest BCUT2D eigenvalue weighted by Gasteiger charge is -2.30. The number of carbonyl (C=O) groups excluding carboxylic acids is 1. The van der Waals surface area contributed by atoms with E-state index in [1.54, 1.807) is 9.58 Å². The van der Waals surface area contributed by atoms with Gasteiger partial charge in [0.15, 0.2) is 0 Å². The molecule has 154 valence electrons. The SMILES string of the molecule is CCCCSc1n[n+]2c(c(=O)[nH]1)-c1ccccc1N(C(C)=O)C2c1cccc(C)n1. The van der Waals surface area contributed by atoms with Crippen molar-refractivity contribution in [1.82, 2.24) is 15.1 Å². The lowest BCUT2D eigenvalue weighted by atomic mass is 10.0. The number of thioether (sulfide) groups is 1. The van der Waals surface area contributed by atoms with Gasteiger partial charge in [-0.2, -0.15) is 0 Å². The summed E-state index contributed by atoms with van der Waals surface area (Å²) in [5.74, 6) is 0.718. The van der Waals surface area contributed by atoms with Crippen LogP contribution in [0.2, 0.25) is 0 Å². The third-order valence-electron chi connectivity index (χ3n) is 5.01. The lowest BCUT2D eigenvalue weighted by Crippen LogP contribution is -2.60. The van der Waals surface area contributed by atoms with Crippen LogP contribution >= 0.6 is 11.8 Å². The van der Waals surface area contributed by atoms with Gasteiger partial charge in [-0.05, 0) is 42.3 Å². The smallest absolute Gasteiger partial charge is 0.291 e. The number of carbonyl (C=O) groups is 1. The predicted molar refractivity (Wildman–Crippen MR) is 116 cm³/mol. The number of nitrogens with zero attached hydrogens (tertiary/aromatic N) is 4. The van der Waals surface area contributed by atoms with Crippen molar-refractivity contribution in [3.05, 3.63) is 64.2 Å². The van der Waals surface area contributed by atoms with E-state index in [9.17, 15) is 9.59 Å². The van der Waals surface area contributed by atoms with Crippen LogP contribution in [0, 0.1) is 6.92 Å². The Balaban J connectivity index is 1.98. The second-order valence-electron chi connectivity index (χ2n) is 7.24. The zero-order chi connectivity index (χ0) is 21.3. The third kappa shape index (κ3) is 3.63. The number of unbranched alkanes of at least 4 members (excludes halogenated alkanes) is 1. The van der Waals surface area contributed by atoms with Crippen molar-refractivity contribution < 1.29 is 9.48 Å². The van der Waals surface area contributed by atoms with Gasteiger partial charge in [0, 0.05) is 23.5 Å². The first-order valence-corrected chi connectivity index (χ1v) is 11.0. The summed E-state index contributed by atoms with van der Waals surface area (Å²) in [5.41, 5.74) is 3.05. The number of rotatable bonds is 5. The Morgan fingerprint density at radius 3 is 2.77 bits per heavy atom. The second-order valence-corrected chi connectivity index (χ2v) is 8.32. The van der Waals surface area contributed by atoms with E-state index >= 15 is 0 Å². The zero-order valence-corrected chi connectivity index (χ0v) is 18.1. The van der Waals surface area contributed by atoms with E-state index in [0.29, 0.717) is 27.8 Å². The number of hydrogen-bond donors (Lipinski definition) is 1. The van der Waals surface area contributed by atoms with E-state index in [1.165, 1.54) is 18.7 Å². The van der Waals surface area contributed by atoms with E-state index in [2.05, 4.69) is 16.9 Å². The average Bonchev–Trinajstić information content (AvgIpc) is 2.72. The van der Waals surface area contributed by atoms with Crippen molar-refractivity contribution in [3.63, 3.8) is 0 Å². The van der Waals surface area contributed by atoms with Gasteiger partial charge in [-0.25, -0.2) is 9.88 Å². The normalized spacial score (nSPS) is 14.9. The number of anilines is 1. The molecule has 0 spiro atoms. The summed E-state index contributed by atoms with van der Waals surface area (Å²) < 4.78 is 1.65. The molecule has 1 unspecified atom stereocenters. The molecule has 1 N–H and O–H groups in total. The molecule has 0 bridgehead atoms. The molecule has 7 nitrogen and oxygen atoms in total. The number of para-hydroxylation sites is 1. The van der Waals surface area contributed by atoms with Gasteiger partial charge in [0.05, 0.1) is 11.3 Å². The molecular weight excluding hydrogens is 398 g/mol. The first-order valence-electron chi connectivity index (χ1n) is 10.0. The Bertz CT molecular complexity index is 1160. The summed E-state index contributed by atoms with van der Waals surface area (Å²) in [4.78, 5) is 35.2. The molecule has 0 fully saturated rings. The highest BCUT2D eigenvalue weighted by molar-refractivity contribution is 7.99. The highest BCUT2D eigenvalue weighted by Gasteiger charge is 2.45. The molecule has 3 heterocycles. The molecule has 1 aromatic carbocycles. The molecule has 3 aromatic rings. The minimum Gasteiger partial charge on any atom is -0.291 e. The summed E-state index contributed by atoms with van der Waals surface area (Å²) >= 11 is 1.51. The molecule has 1 amide bonds. The maximum atomic E-state index is 13.1. The Morgan fingerprint density at radius 2 is 2.03 bits per heavy atom. The largest absolute Gasteiger partial charge is 0.325 e. The number of amides is 1. The summed E-state index contributed by atoms with van der Waals surface area (Å²) in [6, 6.07) is 13.1. The molecule has 0 radical (unpaired) electrons. The zero-order valence-electron chi connectivity index (χ0n) is 17.3. The minimum absolute atomic E-state index is 0.142. The summed E-state index contributed by atoms with van der Waals surface area (Å²) in [7, 11) is 0. The van der Waals surface area contributed by atoms with E-state index in [4.69, 9.17) is 5.10 Å². The molecule has 2 aromatic heterocycles. The third-order valence-corrected chi connectivity index (χ3v) is 5.96. The number of aryl methyl sites for hydroxylation is 1. The van der Waals surface area contributed by atoms with Crippen LogP contribution in [0.25, 0.3) is 11.3 Å². The summed E-state index contributed by atoms with van der Waals surface area (Å²) in [6.45, 7) is 5.55. The van der Waals surface area contributed by atoms with Gasteiger partial charge in [-0.1, -0.05) is 43.3 Å². The van der Waals surface area contributed by atoms with E-state index in [0.717, 1.165) is 24.3 Å². The lowest BCUT2D eigenvalue weighted by molar-refractivity contribution is -0.763. The first kappa shape index (κ1) is 20.3. The van der Waals surface area contributed by atoms with Gasteiger partial charge < -0.3 is 0 Å². The van der Waals surface area contributed by atoms with Crippen LogP contribution in [0.4, 0.5) is 5.69 Å². The van der Waals surface area contributed by atoms with Crippen LogP contribution in [0.3, 0.4) is 0 Å². The number of fused-ring (bicyclic) bond motifs is 3. The van der Waals surface area contributed by atoms with Crippen molar-refractivity contribution in [1.29, 1.82) is 0 Å². The van der Waals surface area contributed by atoms with Crippen LogP contribution in [-0.4, -0.2) is 26.7 Å². The van der Waals surface area contributed by atoms with Crippen molar-refractivity contribution in [2.75, 3.05) is 10.7 Å². The fraction of sp³-hybridized carbons (Fsp3) is 0.318. The molecule has 1 aliphatic rings. The number of benzene rings is 1. The topological polar surface area (TPSA) is 82.8 Å². The molecule has 4 rings (SSSR count). The molecule has 8 heteroatoms. The van der Waals surface area contributed by atoms with Crippen LogP contribution in [0.15, 0.2) is 52.4 Å². The average molecular weight is 423 g/mol. The van der Waals surface area contributed by atoms with Crippen molar-refractivity contribution >= 4 is 23.4 Å². The molecule has 30 heavy (non-hydrogen) atoms. The Labute approximate surface area is 179 Å². The number of aromatic amines is 1. The second kappa shape index (κ2) is 8.39. The highest BCUT2D eigenvalue weighted by atomic mass is 32.2. The molecular formula is C22H24N5O2S+. The predicted octanol–water partition coefficient (Wildman–Crippen LogP) is 3.23. The molecule has 0 saturated heterocycles. The highest BCUT2D eigenvalue weighted by Crippen LogP contribution is 2.36. The van der Waals surface area contributed by atoms with Crippen molar-refractivity contribution in [3.8, 4) is 11.3 Å². The maximum absolute atomic E-state index is 13.1. The van der Waals surface area contributed by atoms with Crippen molar-refractivity contribution in [2.24, 2.45) is 0 Å². The fourth-order valence-corrected chi connectivity index (χ4v) is 4.60. The fourth-order valence-electron chi connectivity index (χ4n) is 3.67. The molecule has 0 aliphatic carbocycles. The quantitative estimate of drug-likeness (QED) is 0.388. The van der Waals surface area contributed by atoms with Gasteiger partial charge in [-0.3, -0.25) is 14.6 Å². The summed E-state index contributed by atoms with van der Waals surface area (Å²) in [5, 5.41) is 5.29. The Morgan fingerprint density at radius 1 is 1.23 bits per heavy atom. The van der Waals surface area contributed by atoms with Gasteiger partial charge in [0.1, 0.15) is 5.69 Å². The standard InChI is InChI=1S/C22H23N5O2S/c1-4-5-13-30-22-24-20(29)19-16-10-6-7-12-18(16)26(15(3)28)21(27(19)25-22)17-11-8-9-14(2)23-17/h6-12,21H,4-5,13H2,1-3H3/p+1. The van der Waals surface area contributed by atoms with Gasteiger partial charge in [0.2, 0.25) is 11.1 Å². The van der Waals surface area contributed by atoms with Gasteiger partial charge in [0.25, 0.3) is 0 Å². The van der Waals surface area contributed by atoms with Crippen LogP contribution in [0.5, 0.6) is 0 Å². The number of nitrogens with one attached hydrogen (secondary N) is 1. The van der Waals surface area contributed by atoms with E-state index in [-0.39, 0.29) is 11.5 Å². The van der Waals surface area contributed by atoms with Crippen LogP contribution in [-0.2, 0) is 4.79 Å².